The van der Waals surface area contributed by atoms with E-state index in [4.69, 9.17) is 23.4 Å². The second-order valence-corrected chi connectivity index (χ2v) is 4.31. The Kier molecular flexibility index (Phi) is 6.12. The number of rotatable bonds is 5. The summed E-state index contributed by atoms with van der Waals surface area (Å²) in [4.78, 5) is 7.82. The van der Waals surface area contributed by atoms with Crippen LogP contribution in [0, 0.1) is 17.8 Å². The average Bonchev–Trinajstić information content (AvgIpc) is 2.36. The summed E-state index contributed by atoms with van der Waals surface area (Å²) in [5.41, 5.74) is 0.461. The van der Waals surface area contributed by atoms with Gasteiger partial charge >= 0.3 is 0 Å². The van der Waals surface area contributed by atoms with E-state index >= 15 is 0 Å². The lowest BCUT2D eigenvalue weighted by Crippen LogP contribution is -2.05. The molecule has 0 aromatic carbocycles. The fraction of sp³-hybridized carbons (Fsp3) is 0.0833. The molecule has 1 aromatic rings. The molecular weight excluding hydrogens is 316 g/mol. The van der Waals surface area contributed by atoms with Gasteiger partial charge in [-0.25, -0.2) is 9.97 Å². The van der Waals surface area contributed by atoms with Gasteiger partial charge in [0.05, 0.1) is 5.56 Å². The smallest absolute Gasteiger partial charge is 0.143 e. The summed E-state index contributed by atoms with van der Waals surface area (Å²) in [5, 5.41) is 10.5. The van der Waals surface area contributed by atoms with Gasteiger partial charge in [-0.3, -0.25) is 0 Å². The Morgan fingerprint density at radius 1 is 1.61 bits per heavy atom. The first-order valence-electron chi connectivity index (χ1n) is 4.92. The highest BCUT2D eigenvalue weighted by Crippen LogP contribution is 2.17. The molecular formula is C12H10BrClN4. The maximum absolute atomic E-state index is 7.25. The zero-order valence-electron chi connectivity index (χ0n) is 9.32. The number of hydrogen-bond donors (Lipinski definition) is 2. The third-order valence-electron chi connectivity index (χ3n) is 1.88. The van der Waals surface area contributed by atoms with Crippen LogP contribution < -0.4 is 5.32 Å². The van der Waals surface area contributed by atoms with Crippen molar-refractivity contribution >= 4 is 39.6 Å². The quantitative estimate of drug-likeness (QED) is 0.379. The summed E-state index contributed by atoms with van der Waals surface area (Å²) in [7, 11) is 0. The molecule has 0 saturated heterocycles. The van der Waals surface area contributed by atoms with E-state index < -0.39 is 0 Å². The van der Waals surface area contributed by atoms with Crippen LogP contribution in [-0.4, -0.2) is 22.7 Å². The largest absolute Gasteiger partial charge is 0.366 e. The van der Waals surface area contributed by atoms with Crippen LogP contribution in [0.2, 0.25) is 5.15 Å². The average molecular weight is 326 g/mol. The molecule has 2 N–H and O–H groups in total. The normalized spacial score (nSPS) is 11.3. The molecule has 1 heterocycles. The minimum atomic E-state index is 0.248. The van der Waals surface area contributed by atoms with Crippen molar-refractivity contribution in [2.24, 2.45) is 0 Å². The Labute approximate surface area is 119 Å². The Hall–Kier alpha value is -1.64. The first-order valence-corrected chi connectivity index (χ1v) is 6.09. The Morgan fingerprint density at radius 2 is 2.39 bits per heavy atom. The zero-order chi connectivity index (χ0) is 13.4. The fourth-order valence-electron chi connectivity index (χ4n) is 1.08. The van der Waals surface area contributed by atoms with Crippen molar-refractivity contribution in [3.63, 3.8) is 0 Å². The highest BCUT2D eigenvalue weighted by atomic mass is 79.9. The van der Waals surface area contributed by atoms with Crippen LogP contribution in [0.4, 0.5) is 5.82 Å². The van der Waals surface area contributed by atoms with E-state index in [1.165, 1.54) is 6.33 Å². The number of nitrogens with zero attached hydrogens (tertiary/aromatic N) is 2. The van der Waals surface area contributed by atoms with E-state index in [1.807, 2.05) is 6.08 Å². The molecule has 1 aromatic heterocycles. The molecule has 0 atom stereocenters. The number of terminal acetylenes is 1. The molecule has 0 amide bonds. The lowest BCUT2D eigenvalue weighted by Gasteiger charge is -2.06. The molecule has 0 fully saturated rings. The molecule has 0 aliphatic rings. The van der Waals surface area contributed by atoms with Crippen molar-refractivity contribution < 1.29 is 0 Å². The first-order chi connectivity index (χ1) is 8.69. The first kappa shape index (κ1) is 14.4. The molecule has 0 aliphatic heterocycles. The lowest BCUT2D eigenvalue weighted by atomic mass is 10.3. The van der Waals surface area contributed by atoms with Crippen molar-refractivity contribution in [2.75, 3.05) is 11.9 Å². The van der Waals surface area contributed by atoms with Crippen molar-refractivity contribution in [1.29, 1.82) is 5.41 Å². The minimum Gasteiger partial charge on any atom is -0.366 e. The molecule has 0 unspecified atom stereocenters. The maximum Gasteiger partial charge on any atom is 0.143 e. The van der Waals surface area contributed by atoms with E-state index in [0.29, 0.717) is 17.9 Å². The second kappa shape index (κ2) is 7.64. The molecule has 0 saturated carbocycles. The Bertz CT molecular complexity index is 531. The van der Waals surface area contributed by atoms with Crippen LogP contribution >= 0.6 is 27.5 Å². The lowest BCUT2D eigenvalue weighted by molar-refractivity contribution is 1.13. The molecule has 6 heteroatoms. The molecule has 18 heavy (non-hydrogen) atoms. The van der Waals surface area contributed by atoms with Gasteiger partial charge in [-0.2, -0.15) is 0 Å². The van der Waals surface area contributed by atoms with E-state index in [1.54, 1.807) is 12.2 Å². The van der Waals surface area contributed by atoms with Gasteiger partial charge < -0.3 is 10.7 Å². The SMILES string of the molecule is C#C/C=C\C(Br)=C/CNc1ncnc(Cl)c1C=N. The highest BCUT2D eigenvalue weighted by Gasteiger charge is 2.05. The third kappa shape index (κ3) is 4.32. The molecule has 4 nitrogen and oxygen atoms in total. The summed E-state index contributed by atoms with van der Waals surface area (Å²) in [6, 6.07) is 0. The van der Waals surface area contributed by atoms with Crippen molar-refractivity contribution in [1.82, 2.24) is 9.97 Å². The van der Waals surface area contributed by atoms with Gasteiger partial charge in [0, 0.05) is 17.2 Å². The van der Waals surface area contributed by atoms with Crippen molar-refractivity contribution in [2.45, 2.75) is 0 Å². The van der Waals surface area contributed by atoms with Crippen LogP contribution in [0.5, 0.6) is 0 Å². The molecule has 1 rings (SSSR count). The number of aromatic nitrogens is 2. The predicted molar refractivity (Wildman–Crippen MR) is 78.4 cm³/mol. The molecule has 0 aliphatic carbocycles. The molecule has 0 bridgehead atoms. The Balaban J connectivity index is 2.70. The van der Waals surface area contributed by atoms with Gasteiger partial charge in [-0.1, -0.05) is 39.5 Å². The van der Waals surface area contributed by atoms with Gasteiger partial charge in [0.15, 0.2) is 0 Å². The van der Waals surface area contributed by atoms with Crippen LogP contribution in [0.3, 0.4) is 0 Å². The zero-order valence-corrected chi connectivity index (χ0v) is 11.7. The van der Waals surface area contributed by atoms with Gasteiger partial charge in [-0.05, 0) is 12.2 Å². The molecule has 92 valence electrons. The van der Waals surface area contributed by atoms with Gasteiger partial charge in [-0.15, -0.1) is 6.42 Å². The molecule has 0 radical (unpaired) electrons. The summed E-state index contributed by atoms with van der Waals surface area (Å²) in [6.45, 7) is 0.518. The topological polar surface area (TPSA) is 61.7 Å². The summed E-state index contributed by atoms with van der Waals surface area (Å²) >= 11 is 9.18. The van der Waals surface area contributed by atoms with Gasteiger partial charge in [0.1, 0.15) is 17.3 Å². The van der Waals surface area contributed by atoms with Crippen LogP contribution in [0.25, 0.3) is 0 Å². The van der Waals surface area contributed by atoms with Crippen LogP contribution in [0.1, 0.15) is 5.56 Å². The number of halogens is 2. The summed E-state index contributed by atoms with van der Waals surface area (Å²) < 4.78 is 0.851. The molecule has 0 spiro atoms. The van der Waals surface area contributed by atoms with E-state index in [0.717, 1.165) is 10.7 Å². The summed E-state index contributed by atoms with van der Waals surface area (Å²) in [5.74, 6) is 2.91. The van der Waals surface area contributed by atoms with Gasteiger partial charge in [0.2, 0.25) is 0 Å². The predicted octanol–water partition coefficient (Wildman–Crippen LogP) is 3.01. The highest BCUT2D eigenvalue weighted by molar-refractivity contribution is 9.11. The fourth-order valence-corrected chi connectivity index (χ4v) is 1.57. The standard InChI is InChI=1S/C12H10BrClN4/c1-2-3-4-9(13)5-6-16-12-10(7-15)11(14)17-8-18-12/h1,3-5,7-8,15H,6H2,(H,16,17,18)/b4-3-,9-5+,15-7?. The number of hydrogen-bond acceptors (Lipinski definition) is 4. The van der Waals surface area contributed by atoms with Crippen LogP contribution in [0.15, 0.2) is 29.0 Å². The van der Waals surface area contributed by atoms with E-state index in [-0.39, 0.29) is 5.15 Å². The maximum atomic E-state index is 7.25. The number of nitrogens with one attached hydrogen (secondary N) is 2. The van der Waals surface area contributed by atoms with Crippen molar-refractivity contribution in [3.05, 3.63) is 39.8 Å². The van der Waals surface area contributed by atoms with E-state index in [2.05, 4.69) is 37.1 Å². The second-order valence-electron chi connectivity index (χ2n) is 3.04. The van der Waals surface area contributed by atoms with E-state index in [9.17, 15) is 0 Å². The van der Waals surface area contributed by atoms with Crippen molar-refractivity contribution in [3.8, 4) is 12.3 Å². The third-order valence-corrected chi connectivity index (χ3v) is 2.77. The number of anilines is 1. The summed E-state index contributed by atoms with van der Waals surface area (Å²) in [6.07, 6.45) is 12.8. The van der Waals surface area contributed by atoms with Gasteiger partial charge in [0.25, 0.3) is 0 Å². The monoisotopic (exact) mass is 324 g/mol. The number of allylic oxidation sites excluding steroid dienone is 3. The van der Waals surface area contributed by atoms with Crippen LogP contribution in [-0.2, 0) is 0 Å². The Morgan fingerprint density at radius 3 is 3.06 bits per heavy atom. The minimum absolute atomic E-state index is 0.248.